The monoisotopic (exact) mass is 678 g/mol. The summed E-state index contributed by atoms with van der Waals surface area (Å²) in [5, 5.41) is 0. The maximum absolute atomic E-state index is 7.02. The molecule has 4 saturated carbocycles. The summed E-state index contributed by atoms with van der Waals surface area (Å²) in [6, 6.07) is 0. The first kappa shape index (κ1) is 40.5. The van der Waals surface area contributed by atoms with E-state index < -0.39 is 0 Å². The Morgan fingerprint density at radius 2 is 1.33 bits per heavy atom. The molecular weight excluding hydrogens is 598 g/mol. The van der Waals surface area contributed by atoms with Crippen molar-refractivity contribution >= 4 is 0 Å². The molecule has 0 amide bonds. The van der Waals surface area contributed by atoms with E-state index in [1.807, 2.05) is 0 Å². The smallest absolute Gasteiger partial charge is 0.0637 e. The average molecular weight is 678 g/mol. The van der Waals surface area contributed by atoms with Crippen LogP contribution in [0.2, 0.25) is 0 Å². The molecule has 4 aliphatic carbocycles. The van der Waals surface area contributed by atoms with Crippen LogP contribution in [0.15, 0.2) is 0 Å². The van der Waals surface area contributed by atoms with Gasteiger partial charge in [0, 0.05) is 38.4 Å². The fourth-order valence-electron chi connectivity index (χ4n) is 11.4. The van der Waals surface area contributed by atoms with Crippen LogP contribution in [0, 0.1) is 46.3 Å². The van der Waals surface area contributed by atoms with Gasteiger partial charge < -0.3 is 36.1 Å². The van der Waals surface area contributed by atoms with Gasteiger partial charge in [-0.25, -0.2) is 0 Å². The molecule has 4 aliphatic rings. The van der Waals surface area contributed by atoms with Crippen molar-refractivity contribution in [3.05, 3.63) is 0 Å². The van der Waals surface area contributed by atoms with Crippen molar-refractivity contribution in [1.29, 1.82) is 0 Å². The predicted molar refractivity (Wildman–Crippen MR) is 199 cm³/mol. The van der Waals surface area contributed by atoms with Crippen molar-refractivity contribution in [1.82, 2.24) is 0 Å². The molecule has 4 rings (SSSR count). The third-order valence-electron chi connectivity index (χ3n) is 14.1. The Hall–Kier alpha value is -0.280. The molecule has 4 fully saturated rings. The van der Waals surface area contributed by atoms with Crippen LogP contribution >= 0.6 is 0 Å². The Labute approximate surface area is 296 Å². The van der Waals surface area contributed by atoms with Gasteiger partial charge in [-0.15, -0.1) is 0 Å². The van der Waals surface area contributed by atoms with Crippen LogP contribution < -0.4 is 17.2 Å². The molecule has 0 aromatic heterocycles. The zero-order chi connectivity index (χ0) is 34.4. The average Bonchev–Trinajstić information content (AvgIpc) is 3.44. The van der Waals surface area contributed by atoms with Crippen LogP contribution in [0.1, 0.15) is 143 Å². The highest BCUT2D eigenvalue weighted by atomic mass is 16.5. The number of ether oxygens (including phenoxy) is 4. The molecule has 0 aliphatic heterocycles. The molecule has 0 aromatic rings. The van der Waals surface area contributed by atoms with E-state index in [0.29, 0.717) is 72.8 Å². The lowest BCUT2D eigenvalue weighted by Gasteiger charge is -2.65. The quantitative estimate of drug-likeness (QED) is 0.0891. The van der Waals surface area contributed by atoms with Crippen molar-refractivity contribution in [2.24, 2.45) is 63.5 Å². The number of nitrogens with two attached hydrogens (primary N) is 3. The number of rotatable bonds is 24. The second-order valence-corrected chi connectivity index (χ2v) is 17.0. The fraction of sp³-hybridized carbons (Fsp3) is 1.00. The van der Waals surface area contributed by atoms with Gasteiger partial charge in [-0.1, -0.05) is 59.8 Å². The molecule has 0 spiro atoms. The Bertz CT molecular complexity index is 879. The van der Waals surface area contributed by atoms with Gasteiger partial charge in [-0.3, -0.25) is 0 Å². The van der Waals surface area contributed by atoms with Gasteiger partial charge in [0.1, 0.15) is 0 Å². The van der Waals surface area contributed by atoms with Crippen LogP contribution in [0.5, 0.6) is 0 Å². The molecule has 0 saturated heterocycles. The van der Waals surface area contributed by atoms with Gasteiger partial charge in [0.2, 0.25) is 0 Å². The number of unbranched alkanes of at least 4 members (excludes halogenated alkanes) is 5. The minimum absolute atomic E-state index is 0.162. The molecule has 282 valence electrons. The zero-order valence-electron chi connectivity index (χ0n) is 31.9. The van der Waals surface area contributed by atoms with Crippen LogP contribution in [0.25, 0.3) is 0 Å². The maximum atomic E-state index is 7.02. The van der Waals surface area contributed by atoms with E-state index in [1.165, 1.54) is 77.0 Å². The van der Waals surface area contributed by atoms with Gasteiger partial charge in [0.25, 0.3) is 0 Å². The summed E-state index contributed by atoms with van der Waals surface area (Å²) in [7, 11) is 0. The highest BCUT2D eigenvalue weighted by Gasteiger charge is 2.66. The molecule has 0 radical (unpaired) electrons. The summed E-state index contributed by atoms with van der Waals surface area (Å²) in [6.07, 6.45) is 22.6. The maximum Gasteiger partial charge on any atom is 0.0637 e. The summed E-state index contributed by atoms with van der Waals surface area (Å²) in [4.78, 5) is 0. The molecular formula is C41H79N3O4. The van der Waals surface area contributed by atoms with Crippen LogP contribution in [0.4, 0.5) is 0 Å². The molecule has 0 aromatic carbocycles. The van der Waals surface area contributed by atoms with Crippen LogP contribution in [-0.2, 0) is 18.9 Å². The normalized spacial score (nSPS) is 36.8. The number of hydrogen-bond donors (Lipinski definition) is 3. The molecule has 0 heterocycles. The van der Waals surface area contributed by atoms with Gasteiger partial charge >= 0.3 is 0 Å². The summed E-state index contributed by atoms with van der Waals surface area (Å²) in [5.41, 5.74) is 18.2. The van der Waals surface area contributed by atoms with Gasteiger partial charge in [0.05, 0.1) is 18.3 Å². The van der Waals surface area contributed by atoms with E-state index in [-0.39, 0.29) is 11.5 Å². The van der Waals surface area contributed by atoms with E-state index in [4.69, 9.17) is 36.1 Å². The zero-order valence-corrected chi connectivity index (χ0v) is 31.9. The number of hydrogen-bond acceptors (Lipinski definition) is 7. The molecule has 0 bridgehead atoms. The van der Waals surface area contributed by atoms with Crippen molar-refractivity contribution in [3.63, 3.8) is 0 Å². The summed E-state index contributed by atoms with van der Waals surface area (Å²) in [5.74, 6) is 3.81. The predicted octanol–water partition coefficient (Wildman–Crippen LogP) is 7.86. The lowest BCUT2D eigenvalue weighted by Crippen LogP contribution is -2.63. The molecule has 7 nitrogen and oxygen atoms in total. The second kappa shape index (κ2) is 20.7. The molecule has 6 N–H and O–H groups in total. The Morgan fingerprint density at radius 1 is 0.667 bits per heavy atom. The lowest BCUT2D eigenvalue weighted by molar-refractivity contribution is -0.227. The first-order valence-corrected chi connectivity index (χ1v) is 20.9. The topological polar surface area (TPSA) is 115 Å². The van der Waals surface area contributed by atoms with Crippen LogP contribution in [0.3, 0.4) is 0 Å². The van der Waals surface area contributed by atoms with Gasteiger partial charge in [0.15, 0.2) is 0 Å². The number of fused-ring (bicyclic) bond motifs is 5. The van der Waals surface area contributed by atoms with E-state index in [9.17, 15) is 0 Å². The SMILES string of the molecule is CCCCCCCCOCCC[C@@H](C)[C@H]1CC[C@H]2C3[C@H](OCCCN)CC4C[C@H](OCCCN)CCC4(C)[C@H]3C[C@H](OCCCN)[C@]12C. The van der Waals surface area contributed by atoms with Gasteiger partial charge in [-0.2, -0.15) is 0 Å². The largest absolute Gasteiger partial charge is 0.381 e. The van der Waals surface area contributed by atoms with Crippen LogP contribution in [-0.4, -0.2) is 71.0 Å². The third kappa shape index (κ3) is 9.98. The standard InChI is InChI=1S/C41H79N3O4/c1-5-6-7-8-9-10-23-45-24-11-15-31(2)34-16-17-35-39-36(30-38(41(34,35)4)48-27-14-22-44)40(3)19-18-33(46-25-12-20-42)28-32(40)29-37(39)47-26-13-21-43/h31-39H,5-30,42-44H2,1-4H3/t31-,32?,33-,34-,35+,36+,37-,38+,39?,40?,41-/m1/s1. The summed E-state index contributed by atoms with van der Waals surface area (Å²) < 4.78 is 26.5. The van der Waals surface area contributed by atoms with Crippen molar-refractivity contribution in [2.75, 3.05) is 52.7 Å². The molecule has 48 heavy (non-hydrogen) atoms. The van der Waals surface area contributed by atoms with Crippen molar-refractivity contribution in [2.45, 2.75) is 162 Å². The van der Waals surface area contributed by atoms with Gasteiger partial charge in [-0.05, 0) is 144 Å². The van der Waals surface area contributed by atoms with E-state index >= 15 is 0 Å². The summed E-state index contributed by atoms with van der Waals surface area (Å²) in [6.45, 7) is 16.4. The Kier molecular flexibility index (Phi) is 17.4. The van der Waals surface area contributed by atoms with E-state index in [2.05, 4.69) is 27.7 Å². The third-order valence-corrected chi connectivity index (χ3v) is 14.1. The summed E-state index contributed by atoms with van der Waals surface area (Å²) >= 11 is 0. The minimum Gasteiger partial charge on any atom is -0.381 e. The van der Waals surface area contributed by atoms with E-state index in [0.717, 1.165) is 71.6 Å². The second-order valence-electron chi connectivity index (χ2n) is 17.0. The highest BCUT2D eigenvalue weighted by molar-refractivity contribution is 5.15. The fourth-order valence-corrected chi connectivity index (χ4v) is 11.4. The minimum atomic E-state index is 0.162. The van der Waals surface area contributed by atoms with Crippen molar-refractivity contribution < 1.29 is 18.9 Å². The first-order chi connectivity index (χ1) is 23.3. The Morgan fingerprint density at radius 3 is 2.06 bits per heavy atom. The van der Waals surface area contributed by atoms with E-state index in [1.54, 1.807) is 0 Å². The molecule has 11 atom stereocenters. The Balaban J connectivity index is 1.46. The lowest BCUT2D eigenvalue weighted by atomic mass is 9.43. The van der Waals surface area contributed by atoms with Crippen molar-refractivity contribution in [3.8, 4) is 0 Å². The first-order valence-electron chi connectivity index (χ1n) is 20.9. The highest BCUT2D eigenvalue weighted by Crippen LogP contribution is 2.69. The molecule has 3 unspecified atom stereocenters. The molecule has 7 heteroatoms.